The Labute approximate surface area is 174 Å². The van der Waals surface area contributed by atoms with E-state index in [-0.39, 0.29) is 23.7 Å². The van der Waals surface area contributed by atoms with Crippen LogP contribution in [0.25, 0.3) is 5.69 Å². The molecular formula is C23H23FN4O2. The van der Waals surface area contributed by atoms with Gasteiger partial charge in [0.05, 0.1) is 17.9 Å². The molecule has 1 aliphatic rings. The molecule has 7 heteroatoms. The number of anilines is 1. The average molecular weight is 406 g/mol. The van der Waals surface area contributed by atoms with Gasteiger partial charge in [-0.25, -0.2) is 9.07 Å². The molecule has 2 aromatic carbocycles. The lowest BCUT2D eigenvalue weighted by molar-refractivity contribution is -0.116. The van der Waals surface area contributed by atoms with Gasteiger partial charge in [0.25, 0.3) is 5.91 Å². The third kappa shape index (κ3) is 3.58. The summed E-state index contributed by atoms with van der Waals surface area (Å²) in [7, 11) is 0. The van der Waals surface area contributed by atoms with E-state index in [9.17, 15) is 14.0 Å². The van der Waals surface area contributed by atoms with Crippen LogP contribution in [-0.4, -0.2) is 28.1 Å². The smallest absolute Gasteiger partial charge is 0.251 e. The van der Waals surface area contributed by atoms with E-state index in [0.717, 1.165) is 34.6 Å². The second kappa shape index (κ2) is 7.74. The number of hydrogen-bond acceptors (Lipinski definition) is 3. The van der Waals surface area contributed by atoms with Gasteiger partial charge in [-0.15, -0.1) is 0 Å². The third-order valence-electron chi connectivity index (χ3n) is 5.55. The molecule has 1 atom stereocenters. The van der Waals surface area contributed by atoms with Gasteiger partial charge < -0.3 is 10.2 Å². The molecule has 2 amide bonds. The van der Waals surface area contributed by atoms with Crippen molar-refractivity contribution < 1.29 is 14.0 Å². The number of fused-ring (bicyclic) bond motifs is 1. The van der Waals surface area contributed by atoms with Crippen LogP contribution in [0.4, 0.5) is 10.1 Å². The summed E-state index contributed by atoms with van der Waals surface area (Å²) in [5.41, 5.74) is 4.97. The lowest BCUT2D eigenvalue weighted by Crippen LogP contribution is -2.27. The number of nitrogens with one attached hydrogen (secondary N) is 1. The van der Waals surface area contributed by atoms with E-state index in [1.165, 1.54) is 12.1 Å². The Hall–Kier alpha value is -3.48. The summed E-state index contributed by atoms with van der Waals surface area (Å²) in [5, 5.41) is 7.41. The molecule has 0 saturated carbocycles. The number of aromatic nitrogens is 2. The minimum Gasteiger partial charge on any atom is -0.345 e. The maximum Gasteiger partial charge on any atom is 0.251 e. The molecule has 0 radical (unpaired) electrons. The summed E-state index contributed by atoms with van der Waals surface area (Å²) in [6.45, 7) is 6.02. The van der Waals surface area contributed by atoms with Gasteiger partial charge in [0.2, 0.25) is 5.91 Å². The minimum atomic E-state index is -0.301. The highest BCUT2D eigenvalue weighted by Gasteiger charge is 2.24. The van der Waals surface area contributed by atoms with Crippen molar-refractivity contribution in [2.75, 3.05) is 11.4 Å². The van der Waals surface area contributed by atoms with Crippen molar-refractivity contribution in [3.63, 3.8) is 0 Å². The molecule has 154 valence electrons. The molecule has 0 spiro atoms. The lowest BCUT2D eigenvalue weighted by Gasteiger charge is -2.16. The fraction of sp³-hybridized carbons (Fsp3) is 0.261. The first kappa shape index (κ1) is 19.8. The molecule has 2 heterocycles. The Morgan fingerprint density at radius 3 is 2.60 bits per heavy atom. The molecule has 1 aliphatic heterocycles. The summed E-state index contributed by atoms with van der Waals surface area (Å²) in [6.07, 6.45) is 2.46. The molecule has 30 heavy (non-hydrogen) atoms. The molecule has 0 aliphatic carbocycles. The highest BCUT2D eigenvalue weighted by Crippen LogP contribution is 2.29. The van der Waals surface area contributed by atoms with E-state index < -0.39 is 0 Å². The molecule has 4 rings (SSSR count). The molecule has 0 fully saturated rings. The normalized spacial score (nSPS) is 13.8. The first-order valence-corrected chi connectivity index (χ1v) is 9.87. The summed E-state index contributed by atoms with van der Waals surface area (Å²) < 4.78 is 14.9. The summed E-state index contributed by atoms with van der Waals surface area (Å²) in [5.74, 6) is -0.473. The first-order valence-electron chi connectivity index (χ1n) is 9.87. The molecule has 1 aromatic heterocycles. The van der Waals surface area contributed by atoms with E-state index in [2.05, 4.69) is 10.4 Å². The van der Waals surface area contributed by atoms with Gasteiger partial charge in [-0.05, 0) is 68.3 Å². The summed E-state index contributed by atoms with van der Waals surface area (Å²) in [4.78, 5) is 26.2. The van der Waals surface area contributed by atoms with E-state index in [1.54, 1.807) is 40.9 Å². The van der Waals surface area contributed by atoms with Crippen LogP contribution >= 0.6 is 0 Å². The van der Waals surface area contributed by atoms with Crippen molar-refractivity contribution in [3.05, 3.63) is 76.9 Å². The molecule has 6 nitrogen and oxygen atoms in total. The second-order valence-electron chi connectivity index (χ2n) is 7.53. The first-order chi connectivity index (χ1) is 14.3. The molecule has 3 aromatic rings. The highest BCUT2D eigenvalue weighted by atomic mass is 19.1. The van der Waals surface area contributed by atoms with E-state index in [1.807, 2.05) is 26.0 Å². The maximum atomic E-state index is 13.2. The van der Waals surface area contributed by atoms with Gasteiger partial charge in [0.15, 0.2) is 0 Å². The number of amides is 2. The standard InChI is InChI=1S/C23H23FN4O2/c1-14(21-13-25-28(15(21)2)20-7-5-19(24)6-8-20)26-23(30)18-4-9-22-17(12-18)10-11-27(22)16(3)29/h4-9,12-14H,10-11H2,1-3H3,(H,26,30). The fourth-order valence-corrected chi connectivity index (χ4v) is 3.92. The zero-order chi connectivity index (χ0) is 21.4. The Bertz CT molecular complexity index is 1120. The number of carbonyl (C=O) groups excluding carboxylic acids is 2. The molecule has 1 unspecified atom stereocenters. The van der Waals surface area contributed by atoms with Crippen molar-refractivity contribution in [1.82, 2.24) is 15.1 Å². The Morgan fingerprint density at radius 1 is 1.17 bits per heavy atom. The van der Waals surface area contributed by atoms with Crippen LogP contribution in [0.15, 0.2) is 48.7 Å². The summed E-state index contributed by atoms with van der Waals surface area (Å²) >= 11 is 0. The number of nitrogens with zero attached hydrogens (tertiary/aromatic N) is 3. The van der Waals surface area contributed by atoms with Gasteiger partial charge in [0.1, 0.15) is 5.82 Å². The van der Waals surface area contributed by atoms with Crippen molar-refractivity contribution in [3.8, 4) is 5.69 Å². The molecular weight excluding hydrogens is 383 g/mol. The van der Waals surface area contributed by atoms with Gasteiger partial charge in [-0.3, -0.25) is 9.59 Å². The quantitative estimate of drug-likeness (QED) is 0.718. The van der Waals surface area contributed by atoms with Crippen molar-refractivity contribution >= 4 is 17.5 Å². The second-order valence-corrected chi connectivity index (χ2v) is 7.53. The van der Waals surface area contributed by atoms with Crippen molar-refractivity contribution in [2.45, 2.75) is 33.2 Å². The number of carbonyl (C=O) groups is 2. The third-order valence-corrected chi connectivity index (χ3v) is 5.55. The van der Waals surface area contributed by atoms with Crippen LogP contribution in [0.1, 0.15) is 47.1 Å². The zero-order valence-corrected chi connectivity index (χ0v) is 17.1. The number of halogens is 1. The SMILES string of the molecule is CC(=O)N1CCc2cc(C(=O)NC(C)c3cnn(-c4ccc(F)cc4)c3C)ccc21. The van der Waals surface area contributed by atoms with E-state index >= 15 is 0 Å². The minimum absolute atomic E-state index is 0.00761. The summed E-state index contributed by atoms with van der Waals surface area (Å²) in [6, 6.07) is 11.3. The molecule has 0 saturated heterocycles. The van der Waals surface area contributed by atoms with Gasteiger partial charge in [-0.2, -0.15) is 5.10 Å². The number of benzene rings is 2. The van der Waals surface area contributed by atoms with Gasteiger partial charge in [0, 0.05) is 36.0 Å². The van der Waals surface area contributed by atoms with Crippen LogP contribution in [-0.2, 0) is 11.2 Å². The van der Waals surface area contributed by atoms with Crippen LogP contribution in [0.2, 0.25) is 0 Å². The molecule has 1 N–H and O–H groups in total. The van der Waals surface area contributed by atoms with Crippen LogP contribution < -0.4 is 10.2 Å². The molecule has 0 bridgehead atoms. The Morgan fingerprint density at radius 2 is 1.90 bits per heavy atom. The van der Waals surface area contributed by atoms with Crippen LogP contribution in [0.5, 0.6) is 0 Å². The van der Waals surface area contributed by atoms with Crippen molar-refractivity contribution in [2.24, 2.45) is 0 Å². The monoisotopic (exact) mass is 406 g/mol. The fourth-order valence-electron chi connectivity index (χ4n) is 3.92. The maximum absolute atomic E-state index is 13.2. The topological polar surface area (TPSA) is 67.2 Å². The average Bonchev–Trinajstić information content (AvgIpc) is 3.31. The highest BCUT2D eigenvalue weighted by molar-refractivity contribution is 5.98. The Balaban J connectivity index is 1.51. The number of rotatable bonds is 4. The number of hydrogen-bond donors (Lipinski definition) is 1. The predicted molar refractivity (Wildman–Crippen MR) is 112 cm³/mol. The van der Waals surface area contributed by atoms with Crippen LogP contribution in [0, 0.1) is 12.7 Å². The largest absolute Gasteiger partial charge is 0.345 e. The predicted octanol–water partition coefficient (Wildman–Crippen LogP) is 3.72. The van der Waals surface area contributed by atoms with Crippen molar-refractivity contribution in [1.29, 1.82) is 0 Å². The van der Waals surface area contributed by atoms with Gasteiger partial charge >= 0.3 is 0 Å². The Kier molecular flexibility index (Phi) is 5.11. The van der Waals surface area contributed by atoms with Crippen LogP contribution in [0.3, 0.4) is 0 Å². The zero-order valence-electron chi connectivity index (χ0n) is 17.1. The van der Waals surface area contributed by atoms with Gasteiger partial charge in [-0.1, -0.05) is 0 Å². The van der Waals surface area contributed by atoms with E-state index in [0.29, 0.717) is 12.1 Å². The van der Waals surface area contributed by atoms with E-state index in [4.69, 9.17) is 0 Å². The lowest BCUT2D eigenvalue weighted by atomic mass is 10.1.